The van der Waals surface area contributed by atoms with Crippen LogP contribution in [0.1, 0.15) is 25.3 Å². The van der Waals surface area contributed by atoms with E-state index in [0.717, 1.165) is 16.6 Å². The summed E-state index contributed by atoms with van der Waals surface area (Å²) in [5.74, 6) is 0.488. The first-order chi connectivity index (χ1) is 11.6. The molecule has 24 heavy (non-hydrogen) atoms. The lowest BCUT2D eigenvalue weighted by Crippen LogP contribution is -2.12. The van der Waals surface area contributed by atoms with Crippen LogP contribution in [0.15, 0.2) is 71.1 Å². The number of hydrogen-bond acceptors (Lipinski definition) is 2. The Kier molecular flexibility index (Phi) is 3.53. The second-order valence-corrected chi connectivity index (χ2v) is 6.55. The molecule has 0 aliphatic carbocycles. The molecule has 3 aromatic carbocycles. The summed E-state index contributed by atoms with van der Waals surface area (Å²) >= 11 is 0. The standard InChI is InChI=1S/C22H21NO/c1-15(2)17-8-4-6-10-20(17)23(3)16-12-13-22-19(14-16)18-9-5-7-11-21(18)24-22/h4-15H,1-3H3. The van der Waals surface area contributed by atoms with Gasteiger partial charge in [0.2, 0.25) is 0 Å². The number of nitrogens with zero attached hydrogens (tertiary/aromatic N) is 1. The molecule has 0 amide bonds. The van der Waals surface area contributed by atoms with Crippen LogP contribution in [-0.4, -0.2) is 7.05 Å². The average molecular weight is 315 g/mol. The van der Waals surface area contributed by atoms with Crippen LogP contribution in [-0.2, 0) is 0 Å². The van der Waals surface area contributed by atoms with Crippen molar-refractivity contribution in [2.75, 3.05) is 11.9 Å². The number of para-hydroxylation sites is 2. The van der Waals surface area contributed by atoms with Gasteiger partial charge in [-0.25, -0.2) is 0 Å². The maximum atomic E-state index is 5.94. The molecule has 0 atom stereocenters. The molecule has 0 radical (unpaired) electrons. The Hall–Kier alpha value is -2.74. The SMILES string of the molecule is CC(C)c1ccccc1N(C)c1ccc2oc3ccccc3c2c1. The summed E-state index contributed by atoms with van der Waals surface area (Å²) in [6.07, 6.45) is 0. The zero-order valence-corrected chi connectivity index (χ0v) is 14.3. The second kappa shape index (κ2) is 5.72. The fraction of sp³-hybridized carbons (Fsp3) is 0.182. The molecule has 0 saturated heterocycles. The number of rotatable bonds is 3. The molecular weight excluding hydrogens is 294 g/mol. The third-order valence-electron chi connectivity index (χ3n) is 4.67. The number of furan rings is 1. The van der Waals surface area contributed by atoms with Crippen molar-refractivity contribution >= 4 is 33.3 Å². The normalized spacial score (nSPS) is 11.5. The van der Waals surface area contributed by atoms with Crippen LogP contribution in [0.3, 0.4) is 0 Å². The highest BCUT2D eigenvalue weighted by atomic mass is 16.3. The molecule has 0 aliphatic rings. The van der Waals surface area contributed by atoms with Crippen molar-refractivity contribution in [1.29, 1.82) is 0 Å². The van der Waals surface area contributed by atoms with Crippen LogP contribution in [0.25, 0.3) is 21.9 Å². The Morgan fingerprint density at radius 1 is 0.792 bits per heavy atom. The van der Waals surface area contributed by atoms with Crippen molar-refractivity contribution in [3.63, 3.8) is 0 Å². The Balaban J connectivity index is 1.86. The quantitative estimate of drug-likeness (QED) is 0.430. The minimum absolute atomic E-state index is 0.488. The third-order valence-corrected chi connectivity index (χ3v) is 4.67. The maximum Gasteiger partial charge on any atom is 0.135 e. The van der Waals surface area contributed by atoms with Gasteiger partial charge in [0.05, 0.1) is 0 Å². The van der Waals surface area contributed by atoms with Crippen molar-refractivity contribution in [2.45, 2.75) is 19.8 Å². The van der Waals surface area contributed by atoms with E-state index in [1.54, 1.807) is 0 Å². The number of benzene rings is 3. The summed E-state index contributed by atoms with van der Waals surface area (Å²) in [5.41, 5.74) is 5.65. The van der Waals surface area contributed by atoms with Gasteiger partial charge in [0.25, 0.3) is 0 Å². The van der Waals surface area contributed by atoms with Gasteiger partial charge in [0.1, 0.15) is 11.2 Å². The van der Waals surface area contributed by atoms with Gasteiger partial charge in [-0.05, 0) is 41.8 Å². The van der Waals surface area contributed by atoms with Crippen LogP contribution in [0.4, 0.5) is 11.4 Å². The van der Waals surface area contributed by atoms with Crippen LogP contribution < -0.4 is 4.90 Å². The summed E-state index contributed by atoms with van der Waals surface area (Å²) in [7, 11) is 2.13. The molecule has 2 nitrogen and oxygen atoms in total. The molecular formula is C22H21NO. The third kappa shape index (κ3) is 2.35. The summed E-state index contributed by atoms with van der Waals surface area (Å²) < 4.78 is 5.94. The van der Waals surface area contributed by atoms with Crippen LogP contribution >= 0.6 is 0 Å². The van der Waals surface area contributed by atoms with Crippen LogP contribution in [0.5, 0.6) is 0 Å². The van der Waals surface area contributed by atoms with E-state index in [0.29, 0.717) is 5.92 Å². The Bertz CT molecular complexity index is 1010. The fourth-order valence-corrected chi connectivity index (χ4v) is 3.34. The van der Waals surface area contributed by atoms with E-state index in [9.17, 15) is 0 Å². The molecule has 0 bridgehead atoms. The first-order valence-electron chi connectivity index (χ1n) is 8.39. The smallest absolute Gasteiger partial charge is 0.135 e. The van der Waals surface area contributed by atoms with Gasteiger partial charge < -0.3 is 9.32 Å². The number of hydrogen-bond donors (Lipinski definition) is 0. The summed E-state index contributed by atoms with van der Waals surface area (Å²) in [5, 5.41) is 2.33. The first-order valence-corrected chi connectivity index (χ1v) is 8.39. The highest BCUT2D eigenvalue weighted by molar-refractivity contribution is 6.06. The predicted molar refractivity (Wildman–Crippen MR) is 102 cm³/mol. The maximum absolute atomic E-state index is 5.94. The van der Waals surface area contributed by atoms with Crippen molar-refractivity contribution in [1.82, 2.24) is 0 Å². The molecule has 1 aromatic heterocycles. The molecule has 0 saturated carbocycles. The highest BCUT2D eigenvalue weighted by Crippen LogP contribution is 2.35. The molecule has 0 aliphatic heterocycles. The zero-order valence-electron chi connectivity index (χ0n) is 14.3. The Morgan fingerprint density at radius 3 is 2.33 bits per heavy atom. The highest BCUT2D eigenvalue weighted by Gasteiger charge is 2.13. The van der Waals surface area contributed by atoms with Crippen LogP contribution in [0, 0.1) is 0 Å². The lowest BCUT2D eigenvalue weighted by atomic mass is 10.00. The molecule has 2 heteroatoms. The van der Waals surface area contributed by atoms with Gasteiger partial charge in [0.15, 0.2) is 0 Å². The molecule has 0 spiro atoms. The summed E-state index contributed by atoms with van der Waals surface area (Å²) in [6.45, 7) is 4.47. The molecule has 0 fully saturated rings. The first kappa shape index (κ1) is 14.8. The van der Waals surface area contributed by atoms with Gasteiger partial charge in [-0.15, -0.1) is 0 Å². The minimum atomic E-state index is 0.488. The predicted octanol–water partition coefficient (Wildman–Crippen LogP) is 6.48. The van der Waals surface area contributed by atoms with Crippen molar-refractivity contribution in [2.24, 2.45) is 0 Å². The van der Waals surface area contributed by atoms with E-state index in [1.165, 1.54) is 22.3 Å². The molecule has 0 N–H and O–H groups in total. The molecule has 0 unspecified atom stereocenters. The lowest BCUT2D eigenvalue weighted by Gasteiger charge is -2.24. The monoisotopic (exact) mass is 315 g/mol. The zero-order chi connectivity index (χ0) is 16.7. The van der Waals surface area contributed by atoms with E-state index in [-0.39, 0.29) is 0 Å². The number of fused-ring (bicyclic) bond motifs is 3. The topological polar surface area (TPSA) is 16.4 Å². The lowest BCUT2D eigenvalue weighted by molar-refractivity contribution is 0.669. The summed E-state index contributed by atoms with van der Waals surface area (Å²) in [6, 6.07) is 23.2. The largest absolute Gasteiger partial charge is 0.456 e. The van der Waals surface area contributed by atoms with Gasteiger partial charge in [-0.2, -0.15) is 0 Å². The fourth-order valence-electron chi connectivity index (χ4n) is 3.34. The van der Waals surface area contributed by atoms with Crippen molar-refractivity contribution < 1.29 is 4.42 Å². The molecule has 1 heterocycles. The molecule has 120 valence electrons. The summed E-state index contributed by atoms with van der Waals surface area (Å²) in [4.78, 5) is 2.26. The van der Waals surface area contributed by atoms with Crippen molar-refractivity contribution in [3.05, 3.63) is 72.3 Å². The Morgan fingerprint density at radius 2 is 1.50 bits per heavy atom. The van der Waals surface area contributed by atoms with E-state index in [2.05, 4.69) is 80.4 Å². The number of anilines is 2. The Labute approximate surface area is 142 Å². The van der Waals surface area contributed by atoms with Gasteiger partial charge in [0, 0.05) is 29.2 Å². The van der Waals surface area contributed by atoms with Crippen molar-refractivity contribution in [3.8, 4) is 0 Å². The average Bonchev–Trinajstić information content (AvgIpc) is 2.99. The van der Waals surface area contributed by atoms with Gasteiger partial charge in [-0.1, -0.05) is 50.2 Å². The van der Waals surface area contributed by atoms with E-state index >= 15 is 0 Å². The molecule has 4 aromatic rings. The molecule has 4 rings (SSSR count). The van der Waals surface area contributed by atoms with E-state index in [4.69, 9.17) is 4.42 Å². The minimum Gasteiger partial charge on any atom is -0.456 e. The van der Waals surface area contributed by atoms with Gasteiger partial charge in [-0.3, -0.25) is 0 Å². The van der Waals surface area contributed by atoms with Gasteiger partial charge >= 0.3 is 0 Å². The van der Waals surface area contributed by atoms with E-state index in [1.807, 2.05) is 12.1 Å². The second-order valence-electron chi connectivity index (χ2n) is 6.55. The van der Waals surface area contributed by atoms with E-state index < -0.39 is 0 Å². The van der Waals surface area contributed by atoms with Crippen LogP contribution in [0.2, 0.25) is 0 Å².